The van der Waals surface area contributed by atoms with E-state index in [1.54, 1.807) is 18.0 Å². The van der Waals surface area contributed by atoms with Gasteiger partial charge in [0, 0.05) is 36.9 Å². The second-order valence-corrected chi connectivity index (χ2v) is 7.40. The predicted octanol–water partition coefficient (Wildman–Crippen LogP) is 3.78. The van der Waals surface area contributed by atoms with Crippen molar-refractivity contribution in [3.05, 3.63) is 72.6 Å². The number of nitrogens with one attached hydrogen (secondary N) is 2. The van der Waals surface area contributed by atoms with Gasteiger partial charge in [-0.15, -0.1) is 0 Å². The van der Waals surface area contributed by atoms with Gasteiger partial charge < -0.3 is 15.2 Å². The molecule has 0 saturated carbocycles. The molecule has 0 aliphatic carbocycles. The summed E-state index contributed by atoms with van der Waals surface area (Å²) in [5, 5.41) is 6.63. The third-order valence-corrected chi connectivity index (χ3v) is 5.18. The van der Waals surface area contributed by atoms with Gasteiger partial charge in [0.2, 0.25) is 11.8 Å². The van der Waals surface area contributed by atoms with Crippen LogP contribution in [0.25, 0.3) is 0 Å². The summed E-state index contributed by atoms with van der Waals surface area (Å²) in [7, 11) is 1.95. The van der Waals surface area contributed by atoms with Crippen LogP contribution in [0.2, 0.25) is 0 Å². The fourth-order valence-electron chi connectivity index (χ4n) is 2.74. The Labute approximate surface area is 168 Å². The standard InChI is InChI=1S/C21H22N4O2S/c1-15(26)23-19(16-6-4-3-5-7-16)14-20(27)24-17-8-10-18(11-9-17)28-21-22-12-13-25(21)2/h3-13,19H,14H2,1-2H3,(H,23,26)(H,24,27). The Morgan fingerprint density at radius 3 is 2.43 bits per heavy atom. The van der Waals surface area contributed by atoms with Gasteiger partial charge in [-0.3, -0.25) is 9.59 Å². The van der Waals surface area contributed by atoms with Gasteiger partial charge in [0.15, 0.2) is 5.16 Å². The quantitative estimate of drug-likeness (QED) is 0.639. The summed E-state index contributed by atoms with van der Waals surface area (Å²) in [6.45, 7) is 1.45. The van der Waals surface area contributed by atoms with Gasteiger partial charge in [-0.1, -0.05) is 42.1 Å². The number of amides is 2. The molecule has 0 saturated heterocycles. The lowest BCUT2D eigenvalue weighted by molar-refractivity contribution is -0.120. The molecule has 3 rings (SSSR count). The maximum absolute atomic E-state index is 12.5. The van der Waals surface area contributed by atoms with Gasteiger partial charge in [0.25, 0.3) is 0 Å². The van der Waals surface area contributed by atoms with Crippen molar-refractivity contribution in [1.82, 2.24) is 14.9 Å². The van der Waals surface area contributed by atoms with Gasteiger partial charge >= 0.3 is 0 Å². The van der Waals surface area contributed by atoms with Crippen LogP contribution < -0.4 is 10.6 Å². The highest BCUT2D eigenvalue weighted by Gasteiger charge is 2.17. The summed E-state index contributed by atoms with van der Waals surface area (Å²) in [4.78, 5) is 29.3. The minimum Gasteiger partial charge on any atom is -0.349 e. The molecule has 6 nitrogen and oxygen atoms in total. The van der Waals surface area contributed by atoms with Crippen molar-refractivity contribution in [1.29, 1.82) is 0 Å². The molecule has 1 aromatic heterocycles. The number of carbonyl (C=O) groups is 2. The van der Waals surface area contributed by atoms with Gasteiger partial charge in [-0.05, 0) is 29.8 Å². The first-order valence-corrected chi connectivity index (χ1v) is 9.70. The number of aromatic nitrogens is 2. The van der Waals surface area contributed by atoms with Crippen LogP contribution in [0.1, 0.15) is 24.9 Å². The molecule has 2 aromatic carbocycles. The molecule has 0 bridgehead atoms. The van der Waals surface area contributed by atoms with Crippen LogP contribution in [0, 0.1) is 0 Å². The Kier molecular flexibility index (Phi) is 6.49. The predicted molar refractivity (Wildman–Crippen MR) is 110 cm³/mol. The van der Waals surface area contributed by atoms with Crippen LogP contribution >= 0.6 is 11.8 Å². The molecule has 1 heterocycles. The Balaban J connectivity index is 1.61. The fraction of sp³-hybridized carbons (Fsp3) is 0.190. The molecule has 0 fully saturated rings. The monoisotopic (exact) mass is 394 g/mol. The van der Waals surface area contributed by atoms with Crippen LogP contribution in [0.4, 0.5) is 5.69 Å². The normalized spacial score (nSPS) is 11.6. The van der Waals surface area contributed by atoms with E-state index < -0.39 is 0 Å². The summed E-state index contributed by atoms with van der Waals surface area (Å²) >= 11 is 1.55. The van der Waals surface area contributed by atoms with Crippen molar-refractivity contribution in [3.63, 3.8) is 0 Å². The number of nitrogens with zero attached hydrogens (tertiary/aromatic N) is 2. The van der Waals surface area contributed by atoms with Crippen molar-refractivity contribution in [2.75, 3.05) is 5.32 Å². The third-order valence-electron chi connectivity index (χ3n) is 4.09. The van der Waals surface area contributed by atoms with Crippen LogP contribution in [0.3, 0.4) is 0 Å². The third kappa shape index (κ3) is 5.47. The van der Waals surface area contributed by atoms with E-state index in [9.17, 15) is 9.59 Å². The molecule has 28 heavy (non-hydrogen) atoms. The molecule has 0 radical (unpaired) electrons. The van der Waals surface area contributed by atoms with Gasteiger partial charge in [0.05, 0.1) is 12.5 Å². The van der Waals surface area contributed by atoms with Crippen LogP contribution in [-0.4, -0.2) is 21.4 Å². The largest absolute Gasteiger partial charge is 0.349 e. The SMILES string of the molecule is CC(=O)NC(CC(=O)Nc1ccc(Sc2nccn2C)cc1)c1ccccc1. The Morgan fingerprint density at radius 1 is 1.11 bits per heavy atom. The summed E-state index contributed by atoms with van der Waals surface area (Å²) in [6.07, 6.45) is 3.82. The number of anilines is 1. The van der Waals surface area contributed by atoms with Crippen molar-refractivity contribution in [2.24, 2.45) is 7.05 Å². The molecule has 7 heteroatoms. The molecule has 1 unspecified atom stereocenters. The van der Waals surface area contributed by atoms with Crippen molar-refractivity contribution in [3.8, 4) is 0 Å². The summed E-state index contributed by atoms with van der Waals surface area (Å²) < 4.78 is 1.95. The molecule has 0 aliphatic heterocycles. The van der Waals surface area contributed by atoms with E-state index in [2.05, 4.69) is 15.6 Å². The summed E-state index contributed by atoms with van der Waals surface area (Å²) in [5.41, 5.74) is 1.61. The first kappa shape index (κ1) is 19.7. The highest BCUT2D eigenvalue weighted by molar-refractivity contribution is 7.99. The first-order valence-electron chi connectivity index (χ1n) is 8.88. The Morgan fingerprint density at radius 2 is 1.82 bits per heavy atom. The zero-order valence-corrected chi connectivity index (χ0v) is 16.6. The van der Waals surface area contributed by atoms with Gasteiger partial charge in [0.1, 0.15) is 0 Å². The molecule has 144 valence electrons. The Hall–Kier alpha value is -3.06. The van der Waals surface area contributed by atoms with Crippen LogP contribution in [0.15, 0.2) is 77.0 Å². The van der Waals surface area contributed by atoms with Crippen molar-refractivity contribution >= 4 is 29.3 Å². The number of imidazole rings is 1. The molecule has 3 aromatic rings. The van der Waals surface area contributed by atoms with E-state index in [4.69, 9.17) is 0 Å². The second-order valence-electron chi connectivity index (χ2n) is 6.36. The molecule has 2 amide bonds. The molecular weight excluding hydrogens is 372 g/mol. The summed E-state index contributed by atoms with van der Waals surface area (Å²) in [6, 6.07) is 16.7. The lowest BCUT2D eigenvalue weighted by atomic mass is 10.0. The van der Waals surface area contributed by atoms with Crippen LogP contribution in [-0.2, 0) is 16.6 Å². The molecular formula is C21H22N4O2S. The average molecular weight is 395 g/mol. The minimum absolute atomic E-state index is 0.160. The number of rotatable bonds is 7. The second kappa shape index (κ2) is 9.23. The lowest BCUT2D eigenvalue weighted by Gasteiger charge is -2.18. The van der Waals surface area contributed by atoms with E-state index in [0.717, 1.165) is 15.6 Å². The fourth-order valence-corrected chi connectivity index (χ4v) is 3.54. The number of benzene rings is 2. The number of carbonyl (C=O) groups excluding carboxylic acids is 2. The van der Waals surface area contributed by atoms with Crippen molar-refractivity contribution < 1.29 is 9.59 Å². The van der Waals surface area contributed by atoms with Gasteiger partial charge in [-0.25, -0.2) is 4.98 Å². The van der Waals surface area contributed by atoms with Crippen molar-refractivity contribution in [2.45, 2.75) is 29.4 Å². The topological polar surface area (TPSA) is 76.0 Å². The van der Waals surface area contributed by atoms with E-state index >= 15 is 0 Å². The first-order chi connectivity index (χ1) is 13.5. The Bertz CT molecular complexity index is 939. The average Bonchev–Trinajstić information content (AvgIpc) is 3.08. The van der Waals surface area contributed by atoms with E-state index in [1.807, 2.05) is 72.4 Å². The van der Waals surface area contributed by atoms with E-state index in [0.29, 0.717) is 5.69 Å². The van der Waals surface area contributed by atoms with Crippen LogP contribution in [0.5, 0.6) is 0 Å². The number of aryl methyl sites for hydroxylation is 1. The maximum atomic E-state index is 12.5. The molecule has 2 N–H and O–H groups in total. The van der Waals surface area contributed by atoms with E-state index in [1.165, 1.54) is 6.92 Å². The highest BCUT2D eigenvalue weighted by Crippen LogP contribution is 2.27. The maximum Gasteiger partial charge on any atom is 0.226 e. The summed E-state index contributed by atoms with van der Waals surface area (Å²) in [5.74, 6) is -0.329. The molecule has 0 aliphatic rings. The highest BCUT2D eigenvalue weighted by atomic mass is 32.2. The zero-order chi connectivity index (χ0) is 19.9. The van der Waals surface area contributed by atoms with E-state index in [-0.39, 0.29) is 24.3 Å². The number of hydrogen-bond donors (Lipinski definition) is 2. The van der Waals surface area contributed by atoms with Gasteiger partial charge in [-0.2, -0.15) is 0 Å². The number of hydrogen-bond acceptors (Lipinski definition) is 4. The lowest BCUT2D eigenvalue weighted by Crippen LogP contribution is -2.29. The zero-order valence-electron chi connectivity index (χ0n) is 15.8. The molecule has 0 spiro atoms. The smallest absolute Gasteiger partial charge is 0.226 e. The molecule has 1 atom stereocenters. The minimum atomic E-state index is -0.364.